The molecule has 24 heavy (non-hydrogen) atoms. The van der Waals surface area contributed by atoms with Gasteiger partial charge < -0.3 is 4.74 Å². The van der Waals surface area contributed by atoms with E-state index in [0.717, 1.165) is 26.7 Å². The molecule has 2 heterocycles. The Balaban J connectivity index is 1.85. The van der Waals surface area contributed by atoms with E-state index in [0.29, 0.717) is 11.7 Å². The van der Waals surface area contributed by atoms with Crippen LogP contribution in [0.4, 0.5) is 0 Å². The normalized spacial score (nSPS) is 10.7. The Labute approximate surface area is 147 Å². The van der Waals surface area contributed by atoms with Gasteiger partial charge in [-0.3, -0.25) is 4.98 Å². The van der Waals surface area contributed by atoms with E-state index >= 15 is 0 Å². The predicted octanol–water partition coefficient (Wildman–Crippen LogP) is 5.25. The largest absolute Gasteiger partial charge is 0.438 e. The molecule has 0 unspecified atom stereocenters. The topological polar surface area (TPSA) is 47.9 Å². The Morgan fingerprint density at radius 1 is 0.792 bits per heavy atom. The third-order valence-electron chi connectivity index (χ3n) is 3.53. The van der Waals surface area contributed by atoms with Crippen LogP contribution in [0.25, 0.3) is 22.3 Å². The Morgan fingerprint density at radius 2 is 1.54 bits per heavy atom. The first-order valence-corrected chi connectivity index (χ1v) is 8.19. The smallest absolute Gasteiger partial charge is 0.230 e. The first-order valence-electron chi connectivity index (χ1n) is 7.40. The highest BCUT2D eigenvalue weighted by Gasteiger charge is 2.11. The van der Waals surface area contributed by atoms with E-state index in [1.807, 2.05) is 60.7 Å². The number of hydrogen-bond donors (Lipinski definition) is 0. The molecule has 0 amide bonds. The lowest BCUT2D eigenvalue weighted by Gasteiger charge is -2.10. The summed E-state index contributed by atoms with van der Waals surface area (Å²) in [6.07, 6.45) is 3.45. The summed E-state index contributed by atoms with van der Waals surface area (Å²) >= 11 is 3.43. The number of fused-ring (bicyclic) bond motifs is 1. The van der Waals surface area contributed by atoms with Gasteiger partial charge in [0.15, 0.2) is 5.82 Å². The number of rotatable bonds is 3. The second kappa shape index (κ2) is 6.37. The van der Waals surface area contributed by atoms with Gasteiger partial charge in [0, 0.05) is 22.4 Å². The van der Waals surface area contributed by atoms with Gasteiger partial charge in [-0.05, 0) is 48.5 Å². The van der Waals surface area contributed by atoms with Gasteiger partial charge in [0.25, 0.3) is 0 Å². The summed E-state index contributed by atoms with van der Waals surface area (Å²) in [6.45, 7) is 0. The molecule has 2 aromatic heterocycles. The van der Waals surface area contributed by atoms with Crippen molar-refractivity contribution in [3.63, 3.8) is 0 Å². The first kappa shape index (κ1) is 14.8. The fourth-order valence-corrected chi connectivity index (χ4v) is 2.63. The van der Waals surface area contributed by atoms with E-state index in [4.69, 9.17) is 4.74 Å². The molecule has 4 rings (SSSR count). The lowest BCUT2D eigenvalue weighted by Crippen LogP contribution is -1.96. The Bertz CT molecular complexity index is 988. The molecule has 2 aromatic carbocycles. The minimum absolute atomic E-state index is 0.537. The van der Waals surface area contributed by atoms with E-state index in [1.54, 1.807) is 12.4 Å². The van der Waals surface area contributed by atoms with Crippen LogP contribution in [0.1, 0.15) is 0 Å². The molecule has 5 heteroatoms. The van der Waals surface area contributed by atoms with Crippen molar-refractivity contribution in [3.05, 3.63) is 77.5 Å². The second-order valence-corrected chi connectivity index (χ2v) is 6.08. The molecular formula is C19H12BrN3O. The number of pyridine rings is 1. The van der Waals surface area contributed by atoms with Crippen molar-refractivity contribution >= 4 is 26.8 Å². The molecular weight excluding hydrogens is 366 g/mol. The fraction of sp³-hybridized carbons (Fsp3) is 0. The SMILES string of the molecule is Brc1ccc(Oc2nc(-c3ccncc3)nc3ccccc23)cc1. The fourth-order valence-electron chi connectivity index (χ4n) is 2.37. The summed E-state index contributed by atoms with van der Waals surface area (Å²) in [4.78, 5) is 13.3. The van der Waals surface area contributed by atoms with Gasteiger partial charge in [-0.25, -0.2) is 4.98 Å². The highest BCUT2D eigenvalue weighted by Crippen LogP contribution is 2.30. The second-order valence-electron chi connectivity index (χ2n) is 5.16. The Hall–Kier alpha value is -2.79. The number of para-hydroxylation sites is 1. The zero-order chi connectivity index (χ0) is 16.4. The van der Waals surface area contributed by atoms with Gasteiger partial charge in [0.1, 0.15) is 5.75 Å². The zero-order valence-electron chi connectivity index (χ0n) is 12.6. The van der Waals surface area contributed by atoms with E-state index in [2.05, 4.69) is 30.9 Å². The molecule has 116 valence electrons. The molecule has 0 aliphatic carbocycles. The molecule has 0 spiro atoms. The number of benzene rings is 2. The minimum atomic E-state index is 0.537. The van der Waals surface area contributed by atoms with Crippen LogP contribution >= 0.6 is 15.9 Å². The summed E-state index contributed by atoms with van der Waals surface area (Å²) in [5, 5.41) is 0.873. The summed E-state index contributed by atoms with van der Waals surface area (Å²) in [5.74, 6) is 1.88. The lowest BCUT2D eigenvalue weighted by atomic mass is 10.2. The van der Waals surface area contributed by atoms with Crippen LogP contribution in [0, 0.1) is 0 Å². The highest BCUT2D eigenvalue weighted by atomic mass is 79.9. The summed E-state index contributed by atoms with van der Waals surface area (Å²) in [6, 6.07) is 19.2. The van der Waals surface area contributed by atoms with Gasteiger partial charge in [-0.15, -0.1) is 0 Å². The maximum Gasteiger partial charge on any atom is 0.230 e. The lowest BCUT2D eigenvalue weighted by molar-refractivity contribution is 0.469. The standard InChI is InChI=1S/C19H12BrN3O/c20-14-5-7-15(8-6-14)24-19-16-3-1-2-4-17(16)22-18(23-19)13-9-11-21-12-10-13/h1-12H. The maximum atomic E-state index is 6.02. The van der Waals surface area contributed by atoms with Crippen LogP contribution in [0.5, 0.6) is 11.6 Å². The summed E-state index contributed by atoms with van der Waals surface area (Å²) in [5.41, 5.74) is 1.74. The van der Waals surface area contributed by atoms with Gasteiger partial charge in [0.2, 0.25) is 5.88 Å². The molecule has 0 N–H and O–H groups in total. The Kier molecular flexibility index (Phi) is 3.92. The quantitative estimate of drug-likeness (QED) is 0.489. The van der Waals surface area contributed by atoms with E-state index < -0.39 is 0 Å². The molecule has 4 nitrogen and oxygen atoms in total. The molecule has 0 saturated heterocycles. The molecule has 0 fully saturated rings. The molecule has 4 aromatic rings. The third kappa shape index (κ3) is 2.98. The van der Waals surface area contributed by atoms with Gasteiger partial charge in [-0.2, -0.15) is 4.98 Å². The van der Waals surface area contributed by atoms with Gasteiger partial charge in [0.05, 0.1) is 10.9 Å². The van der Waals surface area contributed by atoms with Crippen molar-refractivity contribution in [2.75, 3.05) is 0 Å². The first-order chi connectivity index (χ1) is 11.8. The van der Waals surface area contributed by atoms with Crippen molar-refractivity contribution < 1.29 is 4.74 Å². The Morgan fingerprint density at radius 3 is 2.33 bits per heavy atom. The highest BCUT2D eigenvalue weighted by molar-refractivity contribution is 9.10. The predicted molar refractivity (Wildman–Crippen MR) is 97.0 cm³/mol. The molecule has 0 aliphatic rings. The number of nitrogens with zero attached hydrogens (tertiary/aromatic N) is 3. The molecule has 0 aliphatic heterocycles. The molecule has 0 radical (unpaired) electrons. The van der Waals surface area contributed by atoms with Crippen LogP contribution in [-0.2, 0) is 0 Å². The van der Waals surface area contributed by atoms with Crippen LogP contribution in [0.3, 0.4) is 0 Å². The minimum Gasteiger partial charge on any atom is -0.438 e. The molecule has 0 saturated carbocycles. The number of aromatic nitrogens is 3. The number of hydrogen-bond acceptors (Lipinski definition) is 4. The van der Waals surface area contributed by atoms with Crippen LogP contribution in [0.2, 0.25) is 0 Å². The van der Waals surface area contributed by atoms with Crippen molar-refractivity contribution in [2.45, 2.75) is 0 Å². The maximum absolute atomic E-state index is 6.02. The van der Waals surface area contributed by atoms with Gasteiger partial charge >= 0.3 is 0 Å². The summed E-state index contributed by atoms with van der Waals surface area (Å²) in [7, 11) is 0. The zero-order valence-corrected chi connectivity index (χ0v) is 14.1. The van der Waals surface area contributed by atoms with Gasteiger partial charge in [-0.1, -0.05) is 28.1 Å². The van der Waals surface area contributed by atoms with E-state index in [1.165, 1.54) is 0 Å². The van der Waals surface area contributed by atoms with Crippen LogP contribution in [-0.4, -0.2) is 15.0 Å². The van der Waals surface area contributed by atoms with Crippen LogP contribution < -0.4 is 4.74 Å². The summed E-state index contributed by atoms with van der Waals surface area (Å²) < 4.78 is 7.02. The van der Waals surface area contributed by atoms with Crippen LogP contribution in [0.15, 0.2) is 77.5 Å². The van der Waals surface area contributed by atoms with E-state index in [9.17, 15) is 0 Å². The monoisotopic (exact) mass is 377 g/mol. The number of halogens is 1. The van der Waals surface area contributed by atoms with E-state index in [-0.39, 0.29) is 0 Å². The van der Waals surface area contributed by atoms with Crippen molar-refractivity contribution in [1.29, 1.82) is 0 Å². The van der Waals surface area contributed by atoms with Crippen molar-refractivity contribution in [1.82, 2.24) is 15.0 Å². The number of ether oxygens (including phenoxy) is 1. The third-order valence-corrected chi connectivity index (χ3v) is 4.06. The van der Waals surface area contributed by atoms with Crippen molar-refractivity contribution in [2.24, 2.45) is 0 Å². The average Bonchev–Trinajstić information content (AvgIpc) is 2.64. The van der Waals surface area contributed by atoms with Crippen molar-refractivity contribution in [3.8, 4) is 23.0 Å². The molecule has 0 atom stereocenters. The molecule has 0 bridgehead atoms. The average molecular weight is 378 g/mol.